The summed E-state index contributed by atoms with van der Waals surface area (Å²) < 4.78 is 17.2. The van der Waals surface area contributed by atoms with Crippen LogP contribution in [0.2, 0.25) is 0 Å². The lowest BCUT2D eigenvalue weighted by molar-refractivity contribution is -0.155. The van der Waals surface area contributed by atoms with E-state index in [0.717, 1.165) is 37.9 Å². The molecule has 0 N–H and O–H groups in total. The summed E-state index contributed by atoms with van der Waals surface area (Å²) in [5.74, 6) is 0.0417. The lowest BCUT2D eigenvalue weighted by Crippen LogP contribution is -2.22. The van der Waals surface area contributed by atoms with E-state index in [2.05, 4.69) is 26.0 Å². The van der Waals surface area contributed by atoms with Crippen molar-refractivity contribution >= 4 is 5.78 Å². The van der Waals surface area contributed by atoms with Gasteiger partial charge >= 0.3 is 0 Å². The maximum absolute atomic E-state index is 12.5. The Hall–Kier alpha value is -2.53. The van der Waals surface area contributed by atoms with E-state index < -0.39 is 0 Å². The van der Waals surface area contributed by atoms with Crippen molar-refractivity contribution in [2.24, 2.45) is 0 Å². The van der Waals surface area contributed by atoms with Gasteiger partial charge < -0.3 is 14.2 Å². The summed E-state index contributed by atoms with van der Waals surface area (Å²) >= 11 is 0. The molecule has 3 rings (SSSR count). The van der Waals surface area contributed by atoms with Gasteiger partial charge in [-0.1, -0.05) is 77.9 Å². The Morgan fingerprint density at radius 2 is 1.73 bits per heavy atom. The van der Waals surface area contributed by atoms with Crippen LogP contribution in [0.5, 0.6) is 0 Å². The molecule has 0 aromatic heterocycles. The highest BCUT2D eigenvalue weighted by atomic mass is 16.7. The van der Waals surface area contributed by atoms with Crippen molar-refractivity contribution in [1.29, 1.82) is 0 Å². The molecule has 0 bridgehead atoms. The van der Waals surface area contributed by atoms with Crippen LogP contribution in [0.25, 0.3) is 0 Å². The van der Waals surface area contributed by atoms with Gasteiger partial charge in [0.1, 0.15) is 0 Å². The van der Waals surface area contributed by atoms with Crippen LogP contribution in [0, 0.1) is 0 Å². The second-order valence-corrected chi connectivity index (χ2v) is 8.65. The van der Waals surface area contributed by atoms with Crippen molar-refractivity contribution in [2.45, 2.75) is 58.8 Å². The number of hydrogen-bond donors (Lipinski definition) is 0. The molecule has 4 nitrogen and oxygen atoms in total. The Morgan fingerprint density at radius 1 is 0.970 bits per heavy atom. The SMILES string of the molecule is C/C(=C\COC1CCCCO1)CC/C=C(\C)COCc1ccc(C(=O)c2ccccc2)cc1. The maximum atomic E-state index is 12.5. The number of carbonyl (C=O) groups excluding carboxylic acids is 1. The van der Waals surface area contributed by atoms with Crippen molar-refractivity contribution in [3.8, 4) is 0 Å². The van der Waals surface area contributed by atoms with Gasteiger partial charge in [0.2, 0.25) is 0 Å². The summed E-state index contributed by atoms with van der Waals surface area (Å²) in [5, 5.41) is 0. The molecule has 33 heavy (non-hydrogen) atoms. The van der Waals surface area contributed by atoms with Gasteiger partial charge in [-0.15, -0.1) is 0 Å². The highest BCUT2D eigenvalue weighted by molar-refractivity contribution is 6.08. The second kappa shape index (κ2) is 13.9. The highest BCUT2D eigenvalue weighted by Crippen LogP contribution is 2.15. The van der Waals surface area contributed by atoms with E-state index >= 15 is 0 Å². The van der Waals surface area contributed by atoms with Crippen LogP contribution in [-0.2, 0) is 20.8 Å². The quantitative estimate of drug-likeness (QED) is 0.269. The van der Waals surface area contributed by atoms with E-state index in [-0.39, 0.29) is 12.1 Å². The lowest BCUT2D eigenvalue weighted by atomic mass is 10.0. The first-order valence-corrected chi connectivity index (χ1v) is 11.9. The first-order valence-electron chi connectivity index (χ1n) is 11.9. The fraction of sp³-hybridized carbons (Fsp3) is 0.414. The third kappa shape index (κ3) is 9.09. The Kier molecular flexibility index (Phi) is 10.6. The second-order valence-electron chi connectivity index (χ2n) is 8.65. The number of benzene rings is 2. The molecule has 1 unspecified atom stereocenters. The van der Waals surface area contributed by atoms with E-state index in [0.29, 0.717) is 30.9 Å². The van der Waals surface area contributed by atoms with Gasteiger partial charge in [-0.3, -0.25) is 4.79 Å². The number of ether oxygens (including phenoxy) is 3. The van der Waals surface area contributed by atoms with Crippen LogP contribution in [0.4, 0.5) is 0 Å². The van der Waals surface area contributed by atoms with Crippen molar-refractivity contribution in [1.82, 2.24) is 0 Å². The van der Waals surface area contributed by atoms with E-state index in [1.54, 1.807) is 0 Å². The number of ketones is 1. The summed E-state index contributed by atoms with van der Waals surface area (Å²) in [6, 6.07) is 17.0. The third-order valence-corrected chi connectivity index (χ3v) is 5.73. The van der Waals surface area contributed by atoms with Gasteiger partial charge in [0.05, 0.1) is 19.8 Å². The first-order chi connectivity index (χ1) is 16.1. The van der Waals surface area contributed by atoms with Crippen molar-refractivity contribution in [3.05, 3.63) is 94.6 Å². The summed E-state index contributed by atoms with van der Waals surface area (Å²) in [6.07, 6.45) is 9.73. The molecule has 0 aliphatic carbocycles. The Morgan fingerprint density at radius 3 is 2.45 bits per heavy atom. The molecule has 2 aromatic carbocycles. The van der Waals surface area contributed by atoms with Gasteiger partial charge in [-0.2, -0.15) is 0 Å². The molecule has 1 atom stereocenters. The predicted molar refractivity (Wildman–Crippen MR) is 132 cm³/mol. The van der Waals surface area contributed by atoms with E-state index in [1.165, 1.54) is 17.6 Å². The van der Waals surface area contributed by atoms with Gasteiger partial charge in [-0.05, 0) is 51.5 Å². The van der Waals surface area contributed by atoms with E-state index in [4.69, 9.17) is 14.2 Å². The van der Waals surface area contributed by atoms with Crippen molar-refractivity contribution in [3.63, 3.8) is 0 Å². The molecule has 0 spiro atoms. The standard InChI is InChI=1S/C29H36O4/c1-23(18-20-33-28-13-6-7-19-32-28)9-8-10-24(2)21-31-22-25-14-16-27(17-15-25)29(30)26-11-4-3-5-12-26/h3-5,10-12,14-18,28H,6-9,13,19-22H2,1-2H3/b23-18+,24-10+. The van der Waals surface area contributed by atoms with Crippen LogP contribution >= 0.6 is 0 Å². The number of carbonyl (C=O) groups is 1. The molecule has 176 valence electrons. The molecule has 0 radical (unpaired) electrons. The topological polar surface area (TPSA) is 44.8 Å². The van der Waals surface area contributed by atoms with E-state index in [1.807, 2.05) is 54.6 Å². The van der Waals surface area contributed by atoms with Crippen LogP contribution in [0.3, 0.4) is 0 Å². The minimum atomic E-state index is -0.0253. The van der Waals surface area contributed by atoms with Gasteiger partial charge in [-0.25, -0.2) is 0 Å². The zero-order valence-electron chi connectivity index (χ0n) is 19.9. The zero-order chi connectivity index (χ0) is 23.3. The molecule has 0 saturated carbocycles. The van der Waals surface area contributed by atoms with Crippen LogP contribution in [0.15, 0.2) is 77.9 Å². The fourth-order valence-electron chi connectivity index (χ4n) is 3.69. The molecule has 1 aliphatic heterocycles. The molecule has 1 fully saturated rings. The predicted octanol–water partition coefficient (Wildman–Crippen LogP) is 6.65. The highest BCUT2D eigenvalue weighted by Gasteiger charge is 2.13. The molecule has 2 aromatic rings. The number of hydrogen-bond acceptors (Lipinski definition) is 4. The van der Waals surface area contributed by atoms with Crippen LogP contribution in [-0.4, -0.2) is 31.9 Å². The lowest BCUT2D eigenvalue weighted by Gasteiger charge is -2.22. The fourth-order valence-corrected chi connectivity index (χ4v) is 3.69. The van der Waals surface area contributed by atoms with Gasteiger partial charge in [0.25, 0.3) is 0 Å². The zero-order valence-corrected chi connectivity index (χ0v) is 19.9. The monoisotopic (exact) mass is 448 g/mol. The minimum absolute atomic E-state index is 0.0253. The molecular formula is C29H36O4. The van der Waals surface area contributed by atoms with Crippen molar-refractivity contribution < 1.29 is 19.0 Å². The molecule has 4 heteroatoms. The molecule has 1 saturated heterocycles. The smallest absolute Gasteiger partial charge is 0.193 e. The Bertz CT molecular complexity index is 906. The molecule has 1 aliphatic rings. The first kappa shape index (κ1) is 25.1. The molecule has 1 heterocycles. The Balaban J connectivity index is 1.32. The average Bonchev–Trinajstić information content (AvgIpc) is 2.85. The van der Waals surface area contributed by atoms with Crippen LogP contribution in [0.1, 0.15) is 67.4 Å². The van der Waals surface area contributed by atoms with Gasteiger partial charge in [0.15, 0.2) is 12.1 Å². The normalized spacial score (nSPS) is 17.2. The molecular weight excluding hydrogens is 412 g/mol. The third-order valence-electron chi connectivity index (χ3n) is 5.73. The maximum Gasteiger partial charge on any atom is 0.193 e. The number of rotatable bonds is 12. The van der Waals surface area contributed by atoms with E-state index in [9.17, 15) is 4.79 Å². The minimum Gasteiger partial charge on any atom is -0.372 e. The average molecular weight is 449 g/mol. The summed E-state index contributed by atoms with van der Waals surface area (Å²) in [5.41, 5.74) is 5.03. The van der Waals surface area contributed by atoms with Crippen LogP contribution < -0.4 is 0 Å². The summed E-state index contributed by atoms with van der Waals surface area (Å²) in [7, 11) is 0. The summed E-state index contributed by atoms with van der Waals surface area (Å²) in [6.45, 7) is 6.83. The van der Waals surface area contributed by atoms with Crippen molar-refractivity contribution in [2.75, 3.05) is 19.8 Å². The Labute approximate surface area is 198 Å². The number of allylic oxidation sites excluding steroid dienone is 2. The largest absolute Gasteiger partial charge is 0.372 e. The van der Waals surface area contributed by atoms with Gasteiger partial charge in [0, 0.05) is 17.7 Å². The molecule has 0 amide bonds. The summed E-state index contributed by atoms with van der Waals surface area (Å²) in [4.78, 5) is 12.5.